The van der Waals surface area contributed by atoms with E-state index in [0.717, 1.165) is 6.54 Å². The molecule has 12 heavy (non-hydrogen) atoms. The van der Waals surface area contributed by atoms with E-state index in [0.29, 0.717) is 12.1 Å². The molecule has 0 atom stereocenters. The van der Waals surface area contributed by atoms with Crippen LogP contribution in [0.4, 0.5) is 0 Å². The van der Waals surface area contributed by atoms with Crippen molar-refractivity contribution in [1.29, 1.82) is 0 Å². The first-order valence-electron chi connectivity index (χ1n) is 5.05. The molecule has 0 aliphatic heterocycles. The average Bonchev–Trinajstić information content (AvgIpc) is 1.96. The van der Waals surface area contributed by atoms with Crippen LogP contribution in [-0.2, 0) is 0 Å². The fraction of sp³-hybridized carbons (Fsp3) is 1.00. The highest BCUT2D eigenvalue weighted by atomic mass is 15.5. The predicted octanol–water partition coefficient (Wildman–Crippen LogP) is 2.42. The summed E-state index contributed by atoms with van der Waals surface area (Å²) in [6, 6.07) is 1.06. The van der Waals surface area contributed by atoms with Crippen molar-refractivity contribution in [2.45, 2.75) is 59.5 Å². The van der Waals surface area contributed by atoms with Crippen LogP contribution in [0.3, 0.4) is 0 Å². The van der Waals surface area contributed by atoms with Gasteiger partial charge in [0.2, 0.25) is 0 Å². The molecule has 0 aromatic rings. The number of unbranched alkanes of at least 4 members (excludes halogenated alkanes) is 1. The first-order chi connectivity index (χ1) is 5.59. The molecule has 0 amide bonds. The highest BCUT2D eigenvalue weighted by molar-refractivity contribution is 4.61. The fourth-order valence-corrected chi connectivity index (χ4v) is 1.27. The molecule has 0 heterocycles. The molecular formula is C10H23N2. The monoisotopic (exact) mass is 171 g/mol. The van der Waals surface area contributed by atoms with Gasteiger partial charge in [0.15, 0.2) is 0 Å². The molecular weight excluding hydrogens is 148 g/mol. The summed E-state index contributed by atoms with van der Waals surface area (Å²) in [5, 5.41) is 2.19. The summed E-state index contributed by atoms with van der Waals surface area (Å²) in [5.41, 5.74) is 4.55. The quantitative estimate of drug-likeness (QED) is 0.443. The highest BCUT2D eigenvalue weighted by Crippen LogP contribution is 2.02. The molecule has 0 spiro atoms. The second kappa shape index (κ2) is 6.44. The molecule has 73 valence electrons. The molecule has 0 saturated heterocycles. The van der Waals surface area contributed by atoms with Crippen LogP contribution in [0.2, 0.25) is 0 Å². The van der Waals surface area contributed by atoms with E-state index in [-0.39, 0.29) is 0 Å². The van der Waals surface area contributed by atoms with Crippen LogP contribution < -0.4 is 5.43 Å². The van der Waals surface area contributed by atoms with E-state index in [1.54, 1.807) is 0 Å². The first kappa shape index (κ1) is 11.9. The molecule has 2 nitrogen and oxygen atoms in total. The van der Waals surface area contributed by atoms with Gasteiger partial charge < -0.3 is 0 Å². The van der Waals surface area contributed by atoms with Crippen molar-refractivity contribution in [3.8, 4) is 0 Å². The SMILES string of the molecule is CCCC[N]N(C(C)C)C(C)C. The Hall–Kier alpha value is -0.0800. The fourth-order valence-electron chi connectivity index (χ4n) is 1.27. The zero-order valence-corrected chi connectivity index (χ0v) is 9.17. The van der Waals surface area contributed by atoms with Crippen LogP contribution in [0.25, 0.3) is 0 Å². The summed E-state index contributed by atoms with van der Waals surface area (Å²) in [5.74, 6) is 0. The van der Waals surface area contributed by atoms with Crippen LogP contribution in [0.1, 0.15) is 47.5 Å². The van der Waals surface area contributed by atoms with Gasteiger partial charge in [0.25, 0.3) is 0 Å². The lowest BCUT2D eigenvalue weighted by Crippen LogP contribution is -2.43. The van der Waals surface area contributed by atoms with Crippen molar-refractivity contribution >= 4 is 0 Å². The Kier molecular flexibility index (Phi) is 6.39. The van der Waals surface area contributed by atoms with E-state index < -0.39 is 0 Å². The van der Waals surface area contributed by atoms with Gasteiger partial charge in [-0.05, 0) is 34.1 Å². The maximum atomic E-state index is 4.55. The minimum atomic E-state index is 0.529. The molecule has 0 aromatic heterocycles. The molecule has 0 unspecified atom stereocenters. The van der Waals surface area contributed by atoms with Crippen molar-refractivity contribution in [2.24, 2.45) is 0 Å². The van der Waals surface area contributed by atoms with Crippen molar-refractivity contribution in [3.63, 3.8) is 0 Å². The third-order valence-electron chi connectivity index (χ3n) is 1.83. The van der Waals surface area contributed by atoms with Crippen LogP contribution in [0.15, 0.2) is 0 Å². The summed E-state index contributed by atoms with van der Waals surface area (Å²) in [6.45, 7) is 11.9. The van der Waals surface area contributed by atoms with Gasteiger partial charge in [0.05, 0.1) is 0 Å². The van der Waals surface area contributed by atoms with E-state index >= 15 is 0 Å². The maximum absolute atomic E-state index is 4.55. The number of rotatable bonds is 6. The molecule has 0 N–H and O–H groups in total. The summed E-state index contributed by atoms with van der Waals surface area (Å²) in [6.07, 6.45) is 2.43. The molecule has 0 aliphatic rings. The van der Waals surface area contributed by atoms with E-state index in [1.807, 2.05) is 0 Å². The zero-order chi connectivity index (χ0) is 9.56. The highest BCUT2D eigenvalue weighted by Gasteiger charge is 2.12. The lowest BCUT2D eigenvalue weighted by atomic mass is 10.3. The molecule has 0 saturated carbocycles. The van der Waals surface area contributed by atoms with Gasteiger partial charge in [-0.3, -0.25) is 0 Å². The van der Waals surface area contributed by atoms with Crippen molar-refractivity contribution in [1.82, 2.24) is 10.4 Å². The molecule has 0 rings (SSSR count). The Balaban J connectivity index is 3.64. The second-order valence-electron chi connectivity index (χ2n) is 3.79. The molecule has 0 aliphatic carbocycles. The minimum Gasteiger partial charge on any atom is -0.222 e. The van der Waals surface area contributed by atoms with Gasteiger partial charge in [-0.1, -0.05) is 13.3 Å². The topological polar surface area (TPSA) is 17.3 Å². The molecule has 0 fully saturated rings. The number of nitrogens with zero attached hydrogens (tertiary/aromatic N) is 2. The maximum Gasteiger partial charge on any atom is 0.0306 e. The second-order valence-corrected chi connectivity index (χ2v) is 3.79. The molecule has 0 aromatic carbocycles. The van der Waals surface area contributed by atoms with Crippen LogP contribution in [0.5, 0.6) is 0 Å². The summed E-state index contributed by atoms with van der Waals surface area (Å²) >= 11 is 0. The standard InChI is InChI=1S/C10H23N2/c1-6-7-8-11-12(9(2)3)10(4)5/h9-10H,6-8H2,1-5H3. The molecule has 0 bridgehead atoms. The van der Waals surface area contributed by atoms with Gasteiger partial charge >= 0.3 is 0 Å². The lowest BCUT2D eigenvalue weighted by Gasteiger charge is -2.28. The average molecular weight is 171 g/mol. The lowest BCUT2D eigenvalue weighted by molar-refractivity contribution is 0.0959. The van der Waals surface area contributed by atoms with Gasteiger partial charge in [-0.2, -0.15) is 5.43 Å². The summed E-state index contributed by atoms with van der Waals surface area (Å²) in [7, 11) is 0. The first-order valence-corrected chi connectivity index (χ1v) is 5.05. The summed E-state index contributed by atoms with van der Waals surface area (Å²) in [4.78, 5) is 0. The van der Waals surface area contributed by atoms with Crippen molar-refractivity contribution in [3.05, 3.63) is 0 Å². The van der Waals surface area contributed by atoms with E-state index in [2.05, 4.69) is 45.1 Å². The Labute approximate surface area is 77.3 Å². The van der Waals surface area contributed by atoms with Crippen molar-refractivity contribution < 1.29 is 0 Å². The molecule has 1 radical (unpaired) electrons. The largest absolute Gasteiger partial charge is 0.222 e. The van der Waals surface area contributed by atoms with Gasteiger partial charge in [0, 0.05) is 18.6 Å². The van der Waals surface area contributed by atoms with Gasteiger partial charge in [-0.15, -0.1) is 0 Å². The van der Waals surface area contributed by atoms with Gasteiger partial charge in [0.1, 0.15) is 0 Å². The Morgan fingerprint density at radius 1 is 1.08 bits per heavy atom. The number of hydrogen-bond donors (Lipinski definition) is 0. The minimum absolute atomic E-state index is 0.529. The predicted molar refractivity (Wildman–Crippen MR) is 54.0 cm³/mol. The van der Waals surface area contributed by atoms with Crippen LogP contribution in [0, 0.1) is 0 Å². The van der Waals surface area contributed by atoms with E-state index in [1.165, 1.54) is 12.8 Å². The van der Waals surface area contributed by atoms with Crippen molar-refractivity contribution in [2.75, 3.05) is 6.54 Å². The Morgan fingerprint density at radius 2 is 1.58 bits per heavy atom. The molecule has 2 heteroatoms. The smallest absolute Gasteiger partial charge is 0.0306 e. The Bertz CT molecular complexity index is 92.0. The Morgan fingerprint density at radius 3 is 1.92 bits per heavy atom. The van der Waals surface area contributed by atoms with Crippen LogP contribution in [-0.4, -0.2) is 23.6 Å². The third kappa shape index (κ3) is 4.73. The zero-order valence-electron chi connectivity index (χ0n) is 9.17. The summed E-state index contributed by atoms with van der Waals surface area (Å²) < 4.78 is 0. The van der Waals surface area contributed by atoms with Crippen LogP contribution >= 0.6 is 0 Å². The number of hydrogen-bond acceptors (Lipinski definition) is 1. The third-order valence-corrected chi connectivity index (χ3v) is 1.83. The van der Waals surface area contributed by atoms with Gasteiger partial charge in [-0.25, -0.2) is 5.01 Å². The normalized spacial score (nSPS) is 12.0. The van der Waals surface area contributed by atoms with E-state index in [4.69, 9.17) is 0 Å². The van der Waals surface area contributed by atoms with E-state index in [9.17, 15) is 0 Å².